The van der Waals surface area contributed by atoms with Gasteiger partial charge in [-0.25, -0.2) is 0 Å². The normalized spacial score (nSPS) is 29.2. The first kappa shape index (κ1) is 10.5. The maximum atomic E-state index is 10.7. The summed E-state index contributed by atoms with van der Waals surface area (Å²) in [6, 6.07) is -0.0671. The molecule has 3 nitrogen and oxygen atoms in total. The molecule has 11 heavy (non-hydrogen) atoms. The number of carbonyl (C=O) groups excluding carboxylic acids is 1. The molecule has 0 radical (unpaired) electrons. The van der Waals surface area contributed by atoms with Gasteiger partial charge in [-0.2, -0.15) is 0 Å². The molecule has 0 saturated carbocycles. The van der Waals surface area contributed by atoms with Gasteiger partial charge in [-0.05, 0) is 12.8 Å². The molecule has 64 valence electrons. The molecule has 1 aliphatic rings. The molecule has 0 saturated heterocycles. The fourth-order valence-electron chi connectivity index (χ4n) is 1.16. The Morgan fingerprint density at radius 3 is 2.27 bits per heavy atom. The van der Waals surface area contributed by atoms with Crippen molar-refractivity contribution in [1.29, 1.82) is 0 Å². The second-order valence-electron chi connectivity index (χ2n) is 2.62. The number of hydrogen-bond acceptors (Lipinski definition) is 2. The zero-order valence-corrected chi connectivity index (χ0v) is 7.01. The highest BCUT2D eigenvalue weighted by molar-refractivity contribution is 5.85. The lowest BCUT2D eigenvalue weighted by Gasteiger charge is -2.21. The highest BCUT2D eigenvalue weighted by atomic mass is 35.5. The molecule has 0 aromatic heterocycles. The van der Waals surface area contributed by atoms with Crippen molar-refractivity contribution in [3.63, 3.8) is 0 Å². The molecule has 2 atom stereocenters. The summed E-state index contributed by atoms with van der Waals surface area (Å²) in [5.74, 6) is -0.429. The van der Waals surface area contributed by atoms with Crippen LogP contribution in [-0.4, -0.2) is 11.9 Å². The average molecular weight is 177 g/mol. The molecule has 0 aliphatic heterocycles. The summed E-state index contributed by atoms with van der Waals surface area (Å²) >= 11 is 0. The van der Waals surface area contributed by atoms with Crippen LogP contribution < -0.4 is 11.5 Å². The van der Waals surface area contributed by atoms with Crippen molar-refractivity contribution in [2.45, 2.75) is 18.9 Å². The van der Waals surface area contributed by atoms with Gasteiger partial charge in [-0.1, -0.05) is 12.2 Å². The van der Waals surface area contributed by atoms with Crippen LogP contribution in [-0.2, 0) is 4.79 Å². The van der Waals surface area contributed by atoms with Crippen LogP contribution in [0.3, 0.4) is 0 Å². The first-order valence-corrected chi connectivity index (χ1v) is 3.41. The van der Waals surface area contributed by atoms with E-state index >= 15 is 0 Å². The Labute approximate surface area is 72.2 Å². The summed E-state index contributed by atoms with van der Waals surface area (Å²) in [5.41, 5.74) is 10.7. The minimum atomic E-state index is -0.281. The fraction of sp³-hybridized carbons (Fsp3) is 0.571. The third-order valence-electron chi connectivity index (χ3n) is 1.85. The zero-order valence-electron chi connectivity index (χ0n) is 6.19. The maximum absolute atomic E-state index is 10.7. The minimum Gasteiger partial charge on any atom is -0.369 e. The van der Waals surface area contributed by atoms with Crippen molar-refractivity contribution < 1.29 is 4.79 Å². The quantitative estimate of drug-likeness (QED) is 0.560. The number of amides is 1. The number of hydrogen-bond donors (Lipinski definition) is 2. The van der Waals surface area contributed by atoms with E-state index in [1.807, 2.05) is 12.2 Å². The van der Waals surface area contributed by atoms with Crippen molar-refractivity contribution in [1.82, 2.24) is 0 Å². The molecule has 0 spiro atoms. The largest absolute Gasteiger partial charge is 0.369 e. The summed E-state index contributed by atoms with van der Waals surface area (Å²) in [5, 5.41) is 0. The minimum absolute atomic E-state index is 0. The van der Waals surface area contributed by atoms with E-state index in [-0.39, 0.29) is 30.3 Å². The summed E-state index contributed by atoms with van der Waals surface area (Å²) < 4.78 is 0. The van der Waals surface area contributed by atoms with Gasteiger partial charge in [0.25, 0.3) is 0 Å². The molecule has 1 amide bonds. The second kappa shape index (κ2) is 4.36. The van der Waals surface area contributed by atoms with E-state index in [4.69, 9.17) is 11.5 Å². The second-order valence-corrected chi connectivity index (χ2v) is 2.62. The smallest absolute Gasteiger partial charge is 0.222 e. The number of carbonyl (C=O) groups is 1. The van der Waals surface area contributed by atoms with Crippen LogP contribution in [0.15, 0.2) is 12.2 Å². The monoisotopic (exact) mass is 176 g/mol. The lowest BCUT2D eigenvalue weighted by Crippen LogP contribution is -2.39. The lowest BCUT2D eigenvalue weighted by atomic mass is 9.89. The Morgan fingerprint density at radius 2 is 1.91 bits per heavy atom. The van der Waals surface area contributed by atoms with E-state index in [2.05, 4.69) is 0 Å². The van der Waals surface area contributed by atoms with Crippen molar-refractivity contribution >= 4 is 18.3 Å². The summed E-state index contributed by atoms with van der Waals surface area (Å²) in [6.45, 7) is 0. The zero-order chi connectivity index (χ0) is 7.56. The molecule has 0 fully saturated rings. The van der Waals surface area contributed by atoms with Crippen LogP contribution in [0.25, 0.3) is 0 Å². The van der Waals surface area contributed by atoms with Crippen molar-refractivity contribution in [3.8, 4) is 0 Å². The molecule has 4 heteroatoms. The van der Waals surface area contributed by atoms with Crippen molar-refractivity contribution in [2.24, 2.45) is 17.4 Å². The van der Waals surface area contributed by atoms with Crippen LogP contribution in [0.4, 0.5) is 0 Å². The molecule has 0 unspecified atom stereocenters. The summed E-state index contributed by atoms with van der Waals surface area (Å²) in [6.07, 6.45) is 5.42. The molecule has 0 heterocycles. The van der Waals surface area contributed by atoms with Gasteiger partial charge in [-0.15, -0.1) is 12.4 Å². The Bertz CT molecular complexity index is 170. The number of primary amides is 1. The Kier molecular flexibility index (Phi) is 4.15. The van der Waals surface area contributed by atoms with Gasteiger partial charge >= 0.3 is 0 Å². The average Bonchev–Trinajstić information content (AvgIpc) is 1.88. The first-order valence-electron chi connectivity index (χ1n) is 3.41. The van der Waals surface area contributed by atoms with Gasteiger partial charge in [0.15, 0.2) is 0 Å². The van der Waals surface area contributed by atoms with E-state index in [9.17, 15) is 4.79 Å². The van der Waals surface area contributed by atoms with Gasteiger partial charge < -0.3 is 11.5 Å². The predicted molar refractivity (Wildman–Crippen MR) is 46.3 cm³/mol. The van der Waals surface area contributed by atoms with Crippen molar-refractivity contribution in [3.05, 3.63) is 12.2 Å². The standard InChI is InChI=1S/C7H12N2O.ClH/c8-6-4-2-1-3-5(6)7(9)10;/h1-2,5-6H,3-4,8H2,(H2,9,10);1H/t5-,6+;/m1./s1. The first-order chi connectivity index (χ1) is 4.72. The molecule has 1 aliphatic carbocycles. The van der Waals surface area contributed by atoms with Gasteiger partial charge in [0.1, 0.15) is 0 Å². The third-order valence-corrected chi connectivity index (χ3v) is 1.85. The molecule has 1 rings (SSSR count). The van der Waals surface area contributed by atoms with Crippen LogP contribution in [0, 0.1) is 5.92 Å². The van der Waals surface area contributed by atoms with Crippen LogP contribution in [0.2, 0.25) is 0 Å². The van der Waals surface area contributed by atoms with Crippen molar-refractivity contribution in [2.75, 3.05) is 0 Å². The molecule has 4 N–H and O–H groups in total. The number of rotatable bonds is 1. The fourth-order valence-corrected chi connectivity index (χ4v) is 1.16. The predicted octanol–water partition coefficient (Wildman–Crippen LogP) is 0.187. The molecular formula is C7H13ClN2O. The maximum Gasteiger partial charge on any atom is 0.222 e. The summed E-state index contributed by atoms with van der Waals surface area (Å²) in [7, 11) is 0. The molecule has 0 aromatic rings. The molecule has 0 bridgehead atoms. The highest BCUT2D eigenvalue weighted by Crippen LogP contribution is 2.16. The third kappa shape index (κ3) is 2.52. The lowest BCUT2D eigenvalue weighted by molar-refractivity contribution is -0.122. The van der Waals surface area contributed by atoms with E-state index < -0.39 is 0 Å². The van der Waals surface area contributed by atoms with Gasteiger partial charge in [0.05, 0.1) is 5.92 Å². The number of halogens is 1. The van der Waals surface area contributed by atoms with Crippen LogP contribution in [0.1, 0.15) is 12.8 Å². The van der Waals surface area contributed by atoms with Gasteiger partial charge in [0.2, 0.25) is 5.91 Å². The Morgan fingerprint density at radius 1 is 1.36 bits per heavy atom. The van der Waals surface area contributed by atoms with E-state index in [0.717, 1.165) is 6.42 Å². The van der Waals surface area contributed by atoms with Crippen LogP contribution in [0.5, 0.6) is 0 Å². The Hall–Kier alpha value is -0.540. The van der Waals surface area contributed by atoms with E-state index in [0.29, 0.717) is 6.42 Å². The van der Waals surface area contributed by atoms with E-state index in [1.165, 1.54) is 0 Å². The van der Waals surface area contributed by atoms with Gasteiger partial charge in [0, 0.05) is 6.04 Å². The topological polar surface area (TPSA) is 69.1 Å². The van der Waals surface area contributed by atoms with Gasteiger partial charge in [-0.3, -0.25) is 4.79 Å². The number of nitrogens with two attached hydrogens (primary N) is 2. The van der Waals surface area contributed by atoms with Crippen LogP contribution >= 0.6 is 12.4 Å². The molecule has 0 aromatic carbocycles. The Balaban J connectivity index is 0.000001000. The van der Waals surface area contributed by atoms with E-state index in [1.54, 1.807) is 0 Å². The SMILES string of the molecule is Cl.NC(=O)[C@@H]1CC=CC[C@@H]1N. The number of allylic oxidation sites excluding steroid dienone is 1. The highest BCUT2D eigenvalue weighted by Gasteiger charge is 2.23. The summed E-state index contributed by atoms with van der Waals surface area (Å²) in [4.78, 5) is 10.7. The molecular weight excluding hydrogens is 164 g/mol.